The van der Waals surface area contributed by atoms with E-state index in [1.54, 1.807) is 0 Å². The van der Waals surface area contributed by atoms with Crippen molar-refractivity contribution in [1.29, 1.82) is 0 Å². The maximum atomic E-state index is 12.7. The van der Waals surface area contributed by atoms with Crippen molar-refractivity contribution in [2.75, 3.05) is 6.61 Å². The molecule has 0 radical (unpaired) electrons. The molecule has 1 saturated carbocycles. The standard InChI is InChI=1S/C23H26O4/c1-2-25-22(24)19-15-9-10-16-23(19)26-20(17-11-5-3-6-12-17)21(27-23)18-13-7-4-8-14-18/h3-8,11-14,19-21H,2,9-10,15-16H2,1H3/t19?,20-,21-/m0/s1. The molecule has 0 aromatic heterocycles. The van der Waals surface area contributed by atoms with Crippen LogP contribution in [-0.4, -0.2) is 18.4 Å². The van der Waals surface area contributed by atoms with Crippen molar-refractivity contribution in [3.05, 3.63) is 71.8 Å². The first-order valence-corrected chi connectivity index (χ1v) is 9.85. The Hall–Kier alpha value is -2.17. The maximum absolute atomic E-state index is 12.7. The molecule has 1 aliphatic carbocycles. The number of carbonyl (C=O) groups is 1. The lowest BCUT2D eigenvalue weighted by Gasteiger charge is -2.38. The minimum atomic E-state index is -0.911. The average molecular weight is 366 g/mol. The van der Waals surface area contributed by atoms with Crippen molar-refractivity contribution in [1.82, 2.24) is 0 Å². The van der Waals surface area contributed by atoms with Crippen molar-refractivity contribution in [2.24, 2.45) is 5.92 Å². The van der Waals surface area contributed by atoms with E-state index >= 15 is 0 Å². The molecule has 4 rings (SSSR count). The first kappa shape index (κ1) is 18.2. The summed E-state index contributed by atoms with van der Waals surface area (Å²) in [4.78, 5) is 12.7. The largest absolute Gasteiger partial charge is 0.466 e. The predicted octanol–water partition coefficient (Wildman–Crippen LogP) is 4.97. The van der Waals surface area contributed by atoms with Gasteiger partial charge in [-0.2, -0.15) is 0 Å². The second kappa shape index (κ2) is 7.83. The fourth-order valence-electron chi connectivity index (χ4n) is 4.29. The van der Waals surface area contributed by atoms with Crippen LogP contribution in [-0.2, 0) is 19.0 Å². The topological polar surface area (TPSA) is 44.8 Å². The molecular formula is C23H26O4. The van der Waals surface area contributed by atoms with E-state index in [1.807, 2.05) is 43.3 Å². The lowest BCUT2D eigenvalue weighted by atomic mass is 9.83. The summed E-state index contributed by atoms with van der Waals surface area (Å²) in [6, 6.07) is 20.3. The first-order valence-electron chi connectivity index (χ1n) is 9.85. The molecule has 0 bridgehead atoms. The Kier molecular flexibility index (Phi) is 5.28. The summed E-state index contributed by atoms with van der Waals surface area (Å²) in [5, 5.41) is 0. The number of esters is 1. The Morgan fingerprint density at radius 3 is 2.04 bits per heavy atom. The summed E-state index contributed by atoms with van der Waals surface area (Å²) in [6.45, 7) is 2.21. The minimum Gasteiger partial charge on any atom is -0.466 e. The van der Waals surface area contributed by atoms with Crippen molar-refractivity contribution in [3.8, 4) is 0 Å². The molecule has 1 heterocycles. The SMILES string of the molecule is CCOC(=O)C1CCCCC12O[C@@H](c1ccccc1)[C@H](c1ccccc1)O2. The fourth-order valence-corrected chi connectivity index (χ4v) is 4.29. The number of rotatable bonds is 4. The summed E-state index contributed by atoms with van der Waals surface area (Å²) < 4.78 is 18.6. The molecule has 142 valence electrons. The quantitative estimate of drug-likeness (QED) is 0.717. The highest BCUT2D eigenvalue weighted by atomic mass is 16.8. The van der Waals surface area contributed by atoms with Gasteiger partial charge in [-0.05, 0) is 30.9 Å². The van der Waals surface area contributed by atoms with E-state index < -0.39 is 5.79 Å². The van der Waals surface area contributed by atoms with Gasteiger partial charge in [-0.25, -0.2) is 0 Å². The molecule has 4 heteroatoms. The molecule has 2 aliphatic rings. The lowest BCUT2D eigenvalue weighted by Crippen LogP contribution is -2.46. The monoisotopic (exact) mass is 366 g/mol. The van der Waals surface area contributed by atoms with Crippen molar-refractivity contribution >= 4 is 5.97 Å². The molecule has 27 heavy (non-hydrogen) atoms. The predicted molar refractivity (Wildman–Crippen MR) is 102 cm³/mol. The van der Waals surface area contributed by atoms with E-state index in [1.165, 1.54) is 0 Å². The Morgan fingerprint density at radius 2 is 1.52 bits per heavy atom. The second-order valence-corrected chi connectivity index (χ2v) is 7.26. The van der Waals surface area contributed by atoms with Crippen LogP contribution < -0.4 is 0 Å². The number of ether oxygens (including phenoxy) is 3. The number of hydrogen-bond donors (Lipinski definition) is 0. The van der Waals surface area contributed by atoms with Gasteiger partial charge < -0.3 is 14.2 Å². The molecule has 1 spiro atoms. The molecule has 4 nitrogen and oxygen atoms in total. The van der Waals surface area contributed by atoms with Crippen molar-refractivity contribution in [3.63, 3.8) is 0 Å². The molecule has 2 fully saturated rings. The summed E-state index contributed by atoms with van der Waals surface area (Å²) in [5.74, 6) is -1.50. The normalized spacial score (nSPS) is 26.8. The molecule has 0 amide bonds. The Morgan fingerprint density at radius 1 is 0.963 bits per heavy atom. The van der Waals surface area contributed by atoms with Crippen LogP contribution in [0.25, 0.3) is 0 Å². The van der Waals surface area contributed by atoms with Gasteiger partial charge in [-0.3, -0.25) is 4.79 Å². The van der Waals surface area contributed by atoms with Crippen LogP contribution in [0.5, 0.6) is 0 Å². The summed E-state index contributed by atoms with van der Waals surface area (Å²) in [7, 11) is 0. The third kappa shape index (κ3) is 3.52. The third-order valence-electron chi connectivity index (χ3n) is 5.55. The van der Waals surface area contributed by atoms with Crippen molar-refractivity contribution in [2.45, 2.75) is 50.6 Å². The molecular weight excluding hydrogens is 340 g/mol. The van der Waals surface area contributed by atoms with Crippen LogP contribution in [0, 0.1) is 5.92 Å². The van der Waals surface area contributed by atoms with Gasteiger partial charge in [0.15, 0.2) is 5.79 Å². The zero-order valence-corrected chi connectivity index (χ0v) is 15.7. The molecule has 3 atom stereocenters. The lowest BCUT2D eigenvalue weighted by molar-refractivity contribution is -0.234. The fraction of sp³-hybridized carbons (Fsp3) is 0.435. The number of hydrogen-bond acceptors (Lipinski definition) is 4. The van der Waals surface area contributed by atoms with Crippen LogP contribution in [0.4, 0.5) is 0 Å². The van der Waals surface area contributed by atoms with E-state index in [0.29, 0.717) is 13.0 Å². The Labute approximate surface area is 160 Å². The molecule has 1 saturated heterocycles. The molecule has 0 N–H and O–H groups in total. The van der Waals surface area contributed by atoms with Gasteiger partial charge in [0.05, 0.1) is 6.61 Å². The van der Waals surface area contributed by atoms with Gasteiger partial charge in [0, 0.05) is 6.42 Å². The highest BCUT2D eigenvalue weighted by Crippen LogP contribution is 2.54. The minimum absolute atomic E-state index is 0.210. The van der Waals surface area contributed by atoms with Gasteiger partial charge in [-0.15, -0.1) is 0 Å². The summed E-state index contributed by atoms with van der Waals surface area (Å²) in [6.07, 6.45) is 2.93. The van der Waals surface area contributed by atoms with E-state index in [-0.39, 0.29) is 24.1 Å². The first-order chi connectivity index (χ1) is 13.2. The van der Waals surface area contributed by atoms with Gasteiger partial charge in [-0.1, -0.05) is 67.1 Å². The zero-order valence-electron chi connectivity index (χ0n) is 15.7. The Bertz CT molecular complexity index is 711. The van der Waals surface area contributed by atoms with Gasteiger partial charge in [0.2, 0.25) is 0 Å². The molecule has 2 aromatic rings. The van der Waals surface area contributed by atoms with E-state index in [9.17, 15) is 4.79 Å². The summed E-state index contributed by atoms with van der Waals surface area (Å²) >= 11 is 0. The third-order valence-corrected chi connectivity index (χ3v) is 5.55. The van der Waals surface area contributed by atoms with E-state index in [2.05, 4.69) is 24.3 Å². The van der Waals surface area contributed by atoms with Crippen LogP contribution in [0.15, 0.2) is 60.7 Å². The zero-order chi connectivity index (χ0) is 18.7. The smallest absolute Gasteiger partial charge is 0.314 e. The van der Waals surface area contributed by atoms with Gasteiger partial charge >= 0.3 is 5.97 Å². The maximum Gasteiger partial charge on any atom is 0.314 e. The molecule has 2 aromatic carbocycles. The second-order valence-electron chi connectivity index (χ2n) is 7.26. The van der Waals surface area contributed by atoms with Crippen LogP contribution >= 0.6 is 0 Å². The van der Waals surface area contributed by atoms with Crippen LogP contribution in [0.1, 0.15) is 55.9 Å². The van der Waals surface area contributed by atoms with Crippen LogP contribution in [0.3, 0.4) is 0 Å². The number of benzene rings is 2. The Balaban J connectivity index is 1.71. The van der Waals surface area contributed by atoms with Gasteiger partial charge in [0.1, 0.15) is 18.1 Å². The van der Waals surface area contributed by atoms with E-state index in [4.69, 9.17) is 14.2 Å². The van der Waals surface area contributed by atoms with Crippen molar-refractivity contribution < 1.29 is 19.0 Å². The van der Waals surface area contributed by atoms with Gasteiger partial charge in [0.25, 0.3) is 0 Å². The van der Waals surface area contributed by atoms with E-state index in [0.717, 1.165) is 30.4 Å². The summed E-state index contributed by atoms with van der Waals surface area (Å²) in [5.41, 5.74) is 2.13. The average Bonchev–Trinajstić information content (AvgIpc) is 3.09. The van der Waals surface area contributed by atoms with Crippen LogP contribution in [0.2, 0.25) is 0 Å². The molecule has 1 unspecified atom stereocenters. The highest BCUT2D eigenvalue weighted by Gasteiger charge is 2.56. The highest BCUT2D eigenvalue weighted by molar-refractivity contribution is 5.74. The number of carbonyl (C=O) groups excluding carboxylic acids is 1. The molecule has 1 aliphatic heterocycles.